The molecule has 1 heterocycles. The summed E-state index contributed by atoms with van der Waals surface area (Å²) in [5, 5.41) is 18.7. The zero-order valence-electron chi connectivity index (χ0n) is 14.8. The maximum absolute atomic E-state index is 13.8. The topological polar surface area (TPSA) is 94.5 Å². The van der Waals surface area contributed by atoms with Crippen LogP contribution in [-0.4, -0.2) is 34.2 Å². The fraction of sp³-hybridized carbons (Fsp3) is 0.222. The smallest absolute Gasteiger partial charge is 0.269 e. The van der Waals surface area contributed by atoms with Crippen LogP contribution in [0.5, 0.6) is 5.75 Å². The lowest BCUT2D eigenvalue weighted by atomic mass is 10.2. The van der Waals surface area contributed by atoms with E-state index < -0.39 is 10.7 Å². The van der Waals surface area contributed by atoms with Crippen molar-refractivity contribution in [3.63, 3.8) is 0 Å². The lowest BCUT2D eigenvalue weighted by Crippen LogP contribution is -2.17. The second kappa shape index (κ2) is 7.92. The van der Waals surface area contributed by atoms with Crippen LogP contribution in [0.25, 0.3) is 11.5 Å². The molecule has 0 N–H and O–H groups in total. The molecule has 0 saturated heterocycles. The van der Waals surface area contributed by atoms with E-state index in [9.17, 15) is 14.5 Å². The number of halogens is 1. The molecule has 8 nitrogen and oxygen atoms in total. The van der Waals surface area contributed by atoms with Gasteiger partial charge in [0.1, 0.15) is 0 Å². The summed E-state index contributed by atoms with van der Waals surface area (Å²) in [6.45, 7) is 0.851. The molecule has 3 aromatic rings. The third kappa shape index (κ3) is 4.45. The first kappa shape index (κ1) is 18.5. The number of non-ortho nitro benzene ring substituents is 1. The van der Waals surface area contributed by atoms with E-state index in [1.807, 2.05) is 11.9 Å². The Morgan fingerprint density at radius 2 is 1.93 bits per heavy atom. The summed E-state index contributed by atoms with van der Waals surface area (Å²) < 4.78 is 24.3. The summed E-state index contributed by atoms with van der Waals surface area (Å²) >= 11 is 0. The van der Waals surface area contributed by atoms with E-state index in [0.717, 1.165) is 5.56 Å². The molecule has 0 spiro atoms. The molecular formula is C18H17FN4O4. The Balaban J connectivity index is 1.64. The number of nitro groups is 1. The summed E-state index contributed by atoms with van der Waals surface area (Å²) in [6, 6.07) is 10.7. The van der Waals surface area contributed by atoms with Gasteiger partial charge in [0.2, 0.25) is 11.8 Å². The molecule has 0 aliphatic heterocycles. The number of rotatable bonds is 7. The summed E-state index contributed by atoms with van der Waals surface area (Å²) in [5.74, 6) is 0.455. The lowest BCUT2D eigenvalue weighted by Gasteiger charge is -2.14. The molecule has 0 unspecified atom stereocenters. The van der Waals surface area contributed by atoms with Crippen molar-refractivity contribution >= 4 is 5.69 Å². The van der Waals surface area contributed by atoms with Gasteiger partial charge in [0, 0.05) is 24.2 Å². The lowest BCUT2D eigenvalue weighted by molar-refractivity contribution is -0.384. The minimum atomic E-state index is -0.472. The summed E-state index contributed by atoms with van der Waals surface area (Å²) in [4.78, 5) is 12.1. The van der Waals surface area contributed by atoms with Gasteiger partial charge in [-0.25, -0.2) is 4.39 Å². The van der Waals surface area contributed by atoms with Crippen LogP contribution < -0.4 is 4.74 Å². The van der Waals surface area contributed by atoms with Crippen molar-refractivity contribution in [1.82, 2.24) is 15.1 Å². The number of nitro benzene ring substituents is 1. The maximum atomic E-state index is 13.8. The van der Waals surface area contributed by atoms with E-state index in [1.165, 1.54) is 25.3 Å². The van der Waals surface area contributed by atoms with E-state index in [1.54, 1.807) is 24.3 Å². The number of hydrogen-bond acceptors (Lipinski definition) is 7. The van der Waals surface area contributed by atoms with Crippen LogP contribution in [0, 0.1) is 15.9 Å². The van der Waals surface area contributed by atoms with Gasteiger partial charge in [-0.05, 0) is 36.9 Å². The van der Waals surface area contributed by atoms with Crippen molar-refractivity contribution in [2.45, 2.75) is 13.1 Å². The molecule has 9 heteroatoms. The van der Waals surface area contributed by atoms with Crippen molar-refractivity contribution in [3.8, 4) is 17.2 Å². The molecule has 0 radical (unpaired) electrons. The molecule has 0 fully saturated rings. The highest BCUT2D eigenvalue weighted by Gasteiger charge is 2.13. The van der Waals surface area contributed by atoms with E-state index in [-0.39, 0.29) is 17.3 Å². The van der Waals surface area contributed by atoms with Gasteiger partial charge in [-0.2, -0.15) is 0 Å². The minimum absolute atomic E-state index is 0.00931. The summed E-state index contributed by atoms with van der Waals surface area (Å²) in [5.41, 5.74) is 1.37. The van der Waals surface area contributed by atoms with Crippen LogP contribution in [0.1, 0.15) is 11.5 Å². The van der Waals surface area contributed by atoms with E-state index in [0.29, 0.717) is 24.5 Å². The third-order valence-electron chi connectivity index (χ3n) is 3.87. The van der Waals surface area contributed by atoms with Crippen LogP contribution in [-0.2, 0) is 13.1 Å². The SMILES string of the molecule is COc1ccc(CN(C)Cc2nnc(-c3ccc([N+](=O)[O-])cc3)o2)cc1F. The Bertz CT molecular complexity index is 943. The molecule has 0 saturated carbocycles. The van der Waals surface area contributed by atoms with E-state index >= 15 is 0 Å². The molecule has 3 rings (SSSR count). The number of aromatic nitrogens is 2. The molecule has 2 aromatic carbocycles. The van der Waals surface area contributed by atoms with Crippen LogP contribution >= 0.6 is 0 Å². The van der Waals surface area contributed by atoms with Gasteiger partial charge in [0.15, 0.2) is 11.6 Å². The molecule has 0 bridgehead atoms. The standard InChI is InChI=1S/C18H17FN4O4/c1-22(10-12-3-8-16(26-2)15(19)9-12)11-17-20-21-18(27-17)13-4-6-14(7-5-13)23(24)25/h3-9H,10-11H2,1-2H3. The first-order chi connectivity index (χ1) is 13.0. The zero-order chi connectivity index (χ0) is 19.4. The third-order valence-corrected chi connectivity index (χ3v) is 3.87. The molecule has 27 heavy (non-hydrogen) atoms. The van der Waals surface area contributed by atoms with Crippen molar-refractivity contribution in [3.05, 3.63) is 69.9 Å². The van der Waals surface area contributed by atoms with Gasteiger partial charge in [-0.15, -0.1) is 10.2 Å². The second-order valence-corrected chi connectivity index (χ2v) is 5.95. The predicted octanol–water partition coefficient (Wildman–Crippen LogP) is 3.42. The van der Waals surface area contributed by atoms with Crippen molar-refractivity contribution < 1.29 is 18.5 Å². The van der Waals surface area contributed by atoms with Gasteiger partial charge >= 0.3 is 0 Å². The fourth-order valence-corrected chi connectivity index (χ4v) is 2.57. The Hall–Kier alpha value is -3.33. The Labute approximate surface area is 154 Å². The van der Waals surface area contributed by atoms with Gasteiger partial charge in [-0.3, -0.25) is 15.0 Å². The Kier molecular flexibility index (Phi) is 5.41. The molecule has 140 valence electrons. The average molecular weight is 372 g/mol. The maximum Gasteiger partial charge on any atom is 0.269 e. The van der Waals surface area contributed by atoms with Crippen molar-refractivity contribution in [2.75, 3.05) is 14.2 Å². The van der Waals surface area contributed by atoms with Gasteiger partial charge in [0.25, 0.3) is 5.69 Å². The largest absolute Gasteiger partial charge is 0.494 e. The van der Waals surface area contributed by atoms with Gasteiger partial charge < -0.3 is 9.15 Å². The van der Waals surface area contributed by atoms with Crippen LogP contribution in [0.3, 0.4) is 0 Å². The zero-order valence-corrected chi connectivity index (χ0v) is 14.8. The highest BCUT2D eigenvalue weighted by molar-refractivity contribution is 5.55. The van der Waals surface area contributed by atoms with Crippen LogP contribution in [0.2, 0.25) is 0 Å². The van der Waals surface area contributed by atoms with Crippen molar-refractivity contribution in [2.24, 2.45) is 0 Å². The molecule has 1 aromatic heterocycles. The van der Waals surface area contributed by atoms with Gasteiger partial charge in [-0.1, -0.05) is 6.07 Å². The number of methoxy groups -OCH3 is 1. The predicted molar refractivity (Wildman–Crippen MR) is 94.5 cm³/mol. The average Bonchev–Trinajstić information content (AvgIpc) is 3.10. The number of nitrogens with zero attached hydrogens (tertiary/aromatic N) is 4. The van der Waals surface area contributed by atoms with Crippen LogP contribution in [0.4, 0.5) is 10.1 Å². The highest BCUT2D eigenvalue weighted by Crippen LogP contribution is 2.22. The molecule has 0 aliphatic rings. The molecular weight excluding hydrogens is 355 g/mol. The van der Waals surface area contributed by atoms with E-state index in [4.69, 9.17) is 9.15 Å². The van der Waals surface area contributed by atoms with Crippen LogP contribution in [0.15, 0.2) is 46.9 Å². The van der Waals surface area contributed by atoms with E-state index in [2.05, 4.69) is 10.2 Å². The quantitative estimate of drug-likeness (QED) is 0.463. The normalized spacial score (nSPS) is 11.0. The fourth-order valence-electron chi connectivity index (χ4n) is 2.57. The van der Waals surface area contributed by atoms with Crippen molar-refractivity contribution in [1.29, 1.82) is 0 Å². The molecule has 0 atom stereocenters. The monoisotopic (exact) mass is 372 g/mol. The summed E-state index contributed by atoms with van der Waals surface area (Å²) in [6.07, 6.45) is 0. The Morgan fingerprint density at radius 1 is 1.19 bits per heavy atom. The first-order valence-electron chi connectivity index (χ1n) is 8.04. The molecule has 0 aliphatic carbocycles. The molecule has 0 amide bonds. The first-order valence-corrected chi connectivity index (χ1v) is 8.04. The summed E-state index contributed by atoms with van der Waals surface area (Å²) in [7, 11) is 3.26. The number of benzene rings is 2. The minimum Gasteiger partial charge on any atom is -0.494 e. The number of ether oxygens (including phenoxy) is 1. The number of hydrogen-bond donors (Lipinski definition) is 0. The highest BCUT2D eigenvalue weighted by atomic mass is 19.1. The Morgan fingerprint density at radius 3 is 2.56 bits per heavy atom. The second-order valence-electron chi connectivity index (χ2n) is 5.95. The van der Waals surface area contributed by atoms with Gasteiger partial charge in [0.05, 0.1) is 18.6 Å².